The molecule has 0 heterocycles. The van der Waals surface area contributed by atoms with Gasteiger partial charge in [0.15, 0.2) is 0 Å². The second kappa shape index (κ2) is 5.67. The maximum Gasteiger partial charge on any atom is 0.331 e. The molecule has 4 nitrogen and oxygen atoms in total. The average Bonchev–Trinajstić information content (AvgIpc) is 2.34. The van der Waals surface area contributed by atoms with Crippen LogP contribution in [0.5, 0.6) is 0 Å². The molecule has 1 rings (SSSR count). The van der Waals surface area contributed by atoms with E-state index in [2.05, 4.69) is 31.1 Å². The van der Waals surface area contributed by atoms with Gasteiger partial charge in [0.25, 0.3) is 5.91 Å². The van der Waals surface area contributed by atoms with Crippen LogP contribution in [0.3, 0.4) is 0 Å². The van der Waals surface area contributed by atoms with Gasteiger partial charge in [0, 0.05) is 12.0 Å². The average molecular weight is 249 g/mol. The summed E-state index contributed by atoms with van der Waals surface area (Å²) in [6.45, 7) is 7.87. The second-order valence-electron chi connectivity index (χ2n) is 5.09. The summed E-state index contributed by atoms with van der Waals surface area (Å²) in [5, 5.41) is 0. The summed E-state index contributed by atoms with van der Waals surface area (Å²) in [7, 11) is 0. The fraction of sp³-hybridized carbons (Fsp3) is 0.429. The highest BCUT2D eigenvalue weighted by Gasteiger charge is 2.16. The molecule has 0 spiro atoms. The van der Waals surface area contributed by atoms with Crippen molar-refractivity contribution < 1.29 is 14.4 Å². The third kappa shape index (κ3) is 3.87. The molecule has 0 aromatic heterocycles. The third-order valence-corrected chi connectivity index (χ3v) is 2.54. The van der Waals surface area contributed by atoms with Crippen molar-refractivity contribution in [2.45, 2.75) is 39.5 Å². The molecule has 1 aromatic carbocycles. The van der Waals surface area contributed by atoms with Crippen LogP contribution in [-0.4, -0.2) is 11.9 Å². The maximum absolute atomic E-state index is 11.8. The molecule has 0 aliphatic rings. The minimum absolute atomic E-state index is 0.0314. The highest BCUT2D eigenvalue weighted by molar-refractivity contribution is 5.94. The summed E-state index contributed by atoms with van der Waals surface area (Å²) in [5.41, 5.74) is 3.64. The monoisotopic (exact) mass is 249 g/mol. The van der Waals surface area contributed by atoms with Gasteiger partial charge in [0.2, 0.25) is 0 Å². The van der Waals surface area contributed by atoms with Gasteiger partial charge in [-0.25, -0.2) is 4.79 Å². The summed E-state index contributed by atoms with van der Waals surface area (Å²) in [5.74, 6) is -0.877. The Morgan fingerprint density at radius 2 is 1.94 bits per heavy atom. The van der Waals surface area contributed by atoms with Crippen LogP contribution in [0.2, 0.25) is 0 Å². The van der Waals surface area contributed by atoms with Crippen molar-refractivity contribution in [3.05, 3.63) is 35.4 Å². The number of benzene rings is 1. The Kier molecular flexibility index (Phi) is 4.48. The fourth-order valence-corrected chi connectivity index (χ4v) is 1.36. The molecule has 0 radical (unpaired) electrons. The zero-order chi connectivity index (χ0) is 13.8. The summed E-state index contributed by atoms with van der Waals surface area (Å²) in [4.78, 5) is 27.3. The van der Waals surface area contributed by atoms with E-state index in [0.717, 1.165) is 5.56 Å². The molecule has 1 amide bonds. The molecule has 98 valence electrons. The standard InChI is InChI=1S/C14H19NO3/c1-5-12(16)18-15-13(17)10-7-6-8-11(9-10)14(2,3)4/h6-9H,5H2,1-4H3,(H,15,17). The smallest absolute Gasteiger partial charge is 0.331 e. The number of hydrogen-bond acceptors (Lipinski definition) is 3. The number of carbonyl (C=O) groups is 2. The lowest BCUT2D eigenvalue weighted by Gasteiger charge is -2.19. The van der Waals surface area contributed by atoms with Gasteiger partial charge in [-0.05, 0) is 23.1 Å². The van der Waals surface area contributed by atoms with E-state index in [1.54, 1.807) is 19.1 Å². The molecule has 0 atom stereocenters. The predicted molar refractivity (Wildman–Crippen MR) is 69.0 cm³/mol. The lowest BCUT2D eigenvalue weighted by molar-refractivity contribution is -0.148. The SMILES string of the molecule is CCC(=O)ONC(=O)c1cccc(C(C)(C)C)c1. The zero-order valence-corrected chi connectivity index (χ0v) is 11.2. The van der Waals surface area contributed by atoms with E-state index in [1.807, 2.05) is 12.1 Å². The number of carbonyl (C=O) groups excluding carboxylic acids is 2. The lowest BCUT2D eigenvalue weighted by Crippen LogP contribution is -2.27. The van der Waals surface area contributed by atoms with Crippen molar-refractivity contribution >= 4 is 11.9 Å². The van der Waals surface area contributed by atoms with E-state index < -0.39 is 11.9 Å². The van der Waals surface area contributed by atoms with Crippen LogP contribution < -0.4 is 5.48 Å². The van der Waals surface area contributed by atoms with Crippen LogP contribution in [0.4, 0.5) is 0 Å². The van der Waals surface area contributed by atoms with E-state index in [0.29, 0.717) is 5.56 Å². The topological polar surface area (TPSA) is 55.4 Å². The van der Waals surface area contributed by atoms with E-state index in [9.17, 15) is 9.59 Å². The van der Waals surface area contributed by atoms with Crippen LogP contribution in [0.25, 0.3) is 0 Å². The van der Waals surface area contributed by atoms with Gasteiger partial charge in [0.05, 0.1) is 0 Å². The number of amides is 1. The quantitative estimate of drug-likeness (QED) is 0.820. The predicted octanol–water partition coefficient (Wildman–Crippen LogP) is 2.58. The fourth-order valence-electron chi connectivity index (χ4n) is 1.36. The Hall–Kier alpha value is -1.84. The van der Waals surface area contributed by atoms with Crippen LogP contribution in [0.15, 0.2) is 24.3 Å². The highest BCUT2D eigenvalue weighted by Crippen LogP contribution is 2.22. The van der Waals surface area contributed by atoms with E-state index >= 15 is 0 Å². The first-order valence-corrected chi connectivity index (χ1v) is 5.95. The molecule has 4 heteroatoms. The summed E-state index contributed by atoms with van der Waals surface area (Å²) < 4.78 is 0. The Bertz CT molecular complexity index is 447. The Labute approximate surface area is 107 Å². The molecule has 1 N–H and O–H groups in total. The molecule has 1 aromatic rings. The van der Waals surface area contributed by atoms with Crippen molar-refractivity contribution in [2.24, 2.45) is 0 Å². The van der Waals surface area contributed by atoms with Crippen LogP contribution in [-0.2, 0) is 15.0 Å². The van der Waals surface area contributed by atoms with Gasteiger partial charge < -0.3 is 4.84 Å². The Balaban J connectivity index is 2.78. The van der Waals surface area contributed by atoms with E-state index in [-0.39, 0.29) is 11.8 Å². The molecular weight excluding hydrogens is 230 g/mol. The first-order chi connectivity index (χ1) is 8.34. The van der Waals surface area contributed by atoms with Crippen molar-refractivity contribution in [3.63, 3.8) is 0 Å². The molecule has 0 aliphatic heterocycles. The molecule has 0 fully saturated rings. The van der Waals surface area contributed by atoms with Crippen molar-refractivity contribution in [1.29, 1.82) is 0 Å². The second-order valence-corrected chi connectivity index (χ2v) is 5.09. The lowest BCUT2D eigenvalue weighted by atomic mass is 9.86. The van der Waals surface area contributed by atoms with Crippen LogP contribution >= 0.6 is 0 Å². The van der Waals surface area contributed by atoms with Gasteiger partial charge in [-0.1, -0.05) is 39.8 Å². The van der Waals surface area contributed by atoms with E-state index in [4.69, 9.17) is 0 Å². The summed E-state index contributed by atoms with van der Waals surface area (Å²) in [6, 6.07) is 7.27. The summed E-state index contributed by atoms with van der Waals surface area (Å²) >= 11 is 0. The van der Waals surface area contributed by atoms with E-state index in [1.165, 1.54) is 0 Å². The molecule has 0 saturated heterocycles. The van der Waals surface area contributed by atoms with Gasteiger partial charge in [-0.3, -0.25) is 4.79 Å². The first kappa shape index (κ1) is 14.2. The molecule has 0 bridgehead atoms. The molecule has 0 saturated carbocycles. The summed E-state index contributed by atoms with van der Waals surface area (Å²) in [6.07, 6.45) is 0.225. The normalized spacial score (nSPS) is 10.9. The van der Waals surface area contributed by atoms with Crippen molar-refractivity contribution in [1.82, 2.24) is 5.48 Å². The number of nitrogens with one attached hydrogen (secondary N) is 1. The minimum Gasteiger partial charge on any atom is -0.341 e. The first-order valence-electron chi connectivity index (χ1n) is 5.95. The molecule has 0 aliphatic carbocycles. The largest absolute Gasteiger partial charge is 0.341 e. The molecular formula is C14H19NO3. The number of hydroxylamine groups is 1. The Morgan fingerprint density at radius 1 is 1.28 bits per heavy atom. The van der Waals surface area contributed by atoms with Crippen LogP contribution in [0.1, 0.15) is 50.0 Å². The van der Waals surface area contributed by atoms with Gasteiger partial charge >= 0.3 is 5.97 Å². The minimum atomic E-state index is -0.463. The number of rotatable bonds is 2. The van der Waals surface area contributed by atoms with Crippen molar-refractivity contribution in [3.8, 4) is 0 Å². The van der Waals surface area contributed by atoms with Gasteiger partial charge in [-0.2, -0.15) is 5.48 Å². The zero-order valence-electron chi connectivity index (χ0n) is 11.2. The number of hydrogen-bond donors (Lipinski definition) is 1. The maximum atomic E-state index is 11.8. The van der Waals surface area contributed by atoms with Crippen LogP contribution in [0, 0.1) is 0 Å². The molecule has 18 heavy (non-hydrogen) atoms. The highest BCUT2D eigenvalue weighted by atomic mass is 16.7. The van der Waals surface area contributed by atoms with Crippen molar-refractivity contribution in [2.75, 3.05) is 0 Å². The van der Waals surface area contributed by atoms with Gasteiger partial charge in [0.1, 0.15) is 0 Å². The van der Waals surface area contributed by atoms with Gasteiger partial charge in [-0.15, -0.1) is 0 Å². The third-order valence-electron chi connectivity index (χ3n) is 2.54. The Morgan fingerprint density at radius 3 is 2.50 bits per heavy atom. The molecule has 0 unspecified atom stereocenters.